The van der Waals surface area contributed by atoms with E-state index in [1.54, 1.807) is 35.0 Å². The Morgan fingerprint density at radius 2 is 2.17 bits per heavy atom. The summed E-state index contributed by atoms with van der Waals surface area (Å²) < 4.78 is 15.2. The Morgan fingerprint density at radius 1 is 1.27 bits per heavy atom. The number of aromatic nitrogens is 4. The van der Waals surface area contributed by atoms with E-state index in [1.165, 1.54) is 12.1 Å². The Hall–Kier alpha value is -4.01. The van der Waals surface area contributed by atoms with E-state index < -0.39 is 5.91 Å². The molecule has 1 aliphatic heterocycles. The van der Waals surface area contributed by atoms with Gasteiger partial charge in [0.1, 0.15) is 5.82 Å². The summed E-state index contributed by atoms with van der Waals surface area (Å²) in [6, 6.07) is 9.80. The van der Waals surface area contributed by atoms with Crippen LogP contribution in [0.4, 0.5) is 15.9 Å². The van der Waals surface area contributed by atoms with Crippen LogP contribution in [0.15, 0.2) is 48.8 Å². The first-order valence-electron chi connectivity index (χ1n) is 9.49. The molecule has 0 saturated heterocycles. The van der Waals surface area contributed by atoms with Gasteiger partial charge in [-0.25, -0.2) is 19.3 Å². The number of fused-ring (bicyclic) bond motifs is 2. The van der Waals surface area contributed by atoms with Crippen LogP contribution in [0.1, 0.15) is 21.6 Å². The van der Waals surface area contributed by atoms with Crippen molar-refractivity contribution in [2.24, 2.45) is 5.73 Å². The highest BCUT2D eigenvalue weighted by Crippen LogP contribution is 2.31. The second kappa shape index (κ2) is 7.11. The van der Waals surface area contributed by atoms with Crippen LogP contribution in [0.2, 0.25) is 0 Å². The number of pyridine rings is 1. The minimum Gasteiger partial charge on any atom is -0.380 e. The minimum atomic E-state index is -0.524. The summed E-state index contributed by atoms with van der Waals surface area (Å²) >= 11 is 0. The molecule has 0 aliphatic carbocycles. The summed E-state index contributed by atoms with van der Waals surface area (Å²) in [4.78, 5) is 25.5. The summed E-state index contributed by atoms with van der Waals surface area (Å²) in [5.41, 5.74) is 8.97. The number of rotatable bonds is 5. The molecule has 0 spiro atoms. The van der Waals surface area contributed by atoms with Gasteiger partial charge in [0.15, 0.2) is 17.5 Å². The number of nitrogens with one attached hydrogen (secondary N) is 2. The van der Waals surface area contributed by atoms with Crippen molar-refractivity contribution < 1.29 is 9.18 Å². The quantitative estimate of drug-likeness (QED) is 0.473. The predicted octanol–water partition coefficient (Wildman–Crippen LogP) is 2.61. The second-order valence-electron chi connectivity index (χ2n) is 7.00. The van der Waals surface area contributed by atoms with Gasteiger partial charge >= 0.3 is 0 Å². The van der Waals surface area contributed by atoms with Gasteiger partial charge in [-0.1, -0.05) is 12.1 Å². The fourth-order valence-electron chi connectivity index (χ4n) is 3.64. The van der Waals surface area contributed by atoms with Crippen molar-refractivity contribution in [1.82, 2.24) is 19.4 Å². The van der Waals surface area contributed by atoms with Crippen LogP contribution in [-0.2, 0) is 13.0 Å². The van der Waals surface area contributed by atoms with E-state index in [2.05, 4.69) is 25.6 Å². The smallest absolute Gasteiger partial charge is 0.250 e. The zero-order valence-corrected chi connectivity index (χ0v) is 15.9. The fourth-order valence-corrected chi connectivity index (χ4v) is 3.64. The Kier molecular flexibility index (Phi) is 4.27. The van der Waals surface area contributed by atoms with E-state index in [0.29, 0.717) is 35.1 Å². The monoisotopic (exact) mass is 403 g/mol. The summed E-state index contributed by atoms with van der Waals surface area (Å²) in [6.45, 7) is 1.17. The molecule has 4 N–H and O–H groups in total. The van der Waals surface area contributed by atoms with Crippen molar-refractivity contribution >= 4 is 22.9 Å². The third kappa shape index (κ3) is 3.10. The molecule has 30 heavy (non-hydrogen) atoms. The lowest BCUT2D eigenvalue weighted by molar-refractivity contribution is 0.100. The average Bonchev–Trinajstić information content (AvgIpc) is 3.38. The summed E-state index contributed by atoms with van der Waals surface area (Å²) in [6.07, 6.45) is 4.14. The molecule has 1 aliphatic rings. The highest BCUT2D eigenvalue weighted by molar-refractivity contribution is 5.99. The molecule has 4 heterocycles. The second-order valence-corrected chi connectivity index (χ2v) is 7.00. The van der Waals surface area contributed by atoms with E-state index in [9.17, 15) is 9.18 Å². The van der Waals surface area contributed by atoms with Crippen molar-refractivity contribution in [3.8, 4) is 11.6 Å². The van der Waals surface area contributed by atoms with Gasteiger partial charge in [0.05, 0.1) is 28.7 Å². The van der Waals surface area contributed by atoms with Crippen molar-refractivity contribution in [3.63, 3.8) is 0 Å². The zero-order valence-electron chi connectivity index (χ0n) is 15.9. The van der Waals surface area contributed by atoms with Crippen molar-refractivity contribution in [1.29, 1.82) is 0 Å². The fraction of sp³-hybridized carbons (Fsp3) is 0.143. The highest BCUT2D eigenvalue weighted by atomic mass is 19.1. The van der Waals surface area contributed by atoms with Crippen LogP contribution in [0.25, 0.3) is 17.2 Å². The third-order valence-electron chi connectivity index (χ3n) is 5.03. The molecule has 0 bridgehead atoms. The Balaban J connectivity index is 1.56. The average molecular weight is 403 g/mol. The molecular weight excluding hydrogens is 385 g/mol. The molecule has 5 rings (SSSR count). The van der Waals surface area contributed by atoms with Crippen molar-refractivity contribution in [2.75, 3.05) is 17.2 Å². The van der Waals surface area contributed by atoms with Gasteiger partial charge in [-0.05, 0) is 29.8 Å². The first-order valence-corrected chi connectivity index (χ1v) is 9.49. The third-order valence-corrected chi connectivity index (χ3v) is 5.03. The molecule has 4 aromatic rings. The van der Waals surface area contributed by atoms with Crippen LogP contribution < -0.4 is 16.4 Å². The molecule has 0 unspecified atom stereocenters. The Bertz CT molecular complexity index is 1280. The number of carbonyl (C=O) groups is 1. The molecule has 1 amide bonds. The number of primary amides is 1. The highest BCUT2D eigenvalue weighted by Gasteiger charge is 2.22. The normalized spacial score (nSPS) is 12.6. The summed E-state index contributed by atoms with van der Waals surface area (Å²) in [5.74, 6) is 0.760. The lowest BCUT2D eigenvalue weighted by Gasteiger charge is -2.12. The van der Waals surface area contributed by atoms with Crippen LogP contribution in [0.3, 0.4) is 0 Å². The Morgan fingerprint density at radius 3 is 3.00 bits per heavy atom. The van der Waals surface area contributed by atoms with E-state index in [-0.39, 0.29) is 5.82 Å². The maximum atomic E-state index is 13.5. The number of anilines is 2. The molecule has 8 nitrogen and oxygen atoms in total. The zero-order chi connectivity index (χ0) is 20.7. The van der Waals surface area contributed by atoms with E-state index in [1.807, 2.05) is 6.07 Å². The SMILES string of the molecule is NC(=O)c1cccn2c(-c3nc4c(c(NCc5cccc(F)c5)n3)NCC4)ncc12. The number of nitrogens with zero attached hydrogens (tertiary/aromatic N) is 4. The van der Waals surface area contributed by atoms with Gasteiger partial charge < -0.3 is 16.4 Å². The maximum Gasteiger partial charge on any atom is 0.250 e. The standard InChI is InChI=1S/C21H18FN7O/c22-13-4-1-3-12(9-13)10-25-19-17-15(6-7-24-17)27-20(28-19)21-26-11-16-14(18(23)30)5-2-8-29(16)21/h1-5,8-9,11,24H,6-7,10H2,(H2,23,30)(H,25,27,28). The molecule has 1 aromatic carbocycles. The maximum absolute atomic E-state index is 13.5. The largest absolute Gasteiger partial charge is 0.380 e. The predicted molar refractivity (Wildman–Crippen MR) is 111 cm³/mol. The molecule has 0 radical (unpaired) electrons. The van der Waals surface area contributed by atoms with E-state index >= 15 is 0 Å². The minimum absolute atomic E-state index is 0.282. The Labute approximate surface area is 171 Å². The van der Waals surface area contributed by atoms with Gasteiger partial charge in [0.2, 0.25) is 0 Å². The number of nitrogens with two attached hydrogens (primary N) is 1. The topological polar surface area (TPSA) is 110 Å². The van der Waals surface area contributed by atoms with Crippen molar-refractivity contribution in [3.05, 3.63) is 71.4 Å². The summed E-state index contributed by atoms with van der Waals surface area (Å²) in [7, 11) is 0. The number of hydrogen-bond donors (Lipinski definition) is 3. The number of amides is 1. The molecule has 9 heteroatoms. The number of hydrogen-bond acceptors (Lipinski definition) is 6. The first kappa shape index (κ1) is 18.0. The van der Waals surface area contributed by atoms with Gasteiger partial charge in [0, 0.05) is 25.7 Å². The number of carbonyl (C=O) groups excluding carboxylic acids is 1. The van der Waals surface area contributed by atoms with Crippen molar-refractivity contribution in [2.45, 2.75) is 13.0 Å². The van der Waals surface area contributed by atoms with E-state index in [0.717, 1.165) is 29.9 Å². The lowest BCUT2D eigenvalue weighted by atomic mass is 10.2. The van der Waals surface area contributed by atoms with Crippen LogP contribution in [-0.4, -0.2) is 31.8 Å². The number of halogens is 1. The summed E-state index contributed by atoms with van der Waals surface area (Å²) in [5, 5.41) is 6.58. The molecular formula is C21H18FN7O. The van der Waals surface area contributed by atoms with E-state index in [4.69, 9.17) is 5.73 Å². The van der Waals surface area contributed by atoms with Gasteiger partial charge in [-0.3, -0.25) is 9.20 Å². The lowest BCUT2D eigenvalue weighted by Crippen LogP contribution is -2.12. The van der Waals surface area contributed by atoms with Crippen LogP contribution >= 0.6 is 0 Å². The molecule has 0 atom stereocenters. The van der Waals surface area contributed by atoms with Gasteiger partial charge in [-0.2, -0.15) is 0 Å². The van der Waals surface area contributed by atoms with Gasteiger partial charge in [0.25, 0.3) is 5.91 Å². The molecule has 3 aromatic heterocycles. The van der Waals surface area contributed by atoms with Crippen LogP contribution in [0.5, 0.6) is 0 Å². The number of benzene rings is 1. The number of imidazole rings is 1. The molecule has 0 fully saturated rings. The molecule has 0 saturated carbocycles. The van der Waals surface area contributed by atoms with Gasteiger partial charge in [-0.15, -0.1) is 0 Å². The first-order chi connectivity index (χ1) is 14.6. The van der Waals surface area contributed by atoms with Crippen LogP contribution in [0, 0.1) is 5.82 Å². The molecule has 150 valence electrons.